The number of hydrogen-bond donors (Lipinski definition) is 1. The van der Waals surface area contributed by atoms with E-state index < -0.39 is 0 Å². The fourth-order valence-electron chi connectivity index (χ4n) is 3.83. The van der Waals surface area contributed by atoms with Crippen LogP contribution in [0.2, 0.25) is 0 Å². The first kappa shape index (κ1) is 15.3. The third-order valence-electron chi connectivity index (χ3n) is 4.91. The van der Waals surface area contributed by atoms with E-state index in [1.54, 1.807) is 0 Å². The highest BCUT2D eigenvalue weighted by Crippen LogP contribution is 2.28. The molecule has 1 aliphatic heterocycles. The average Bonchev–Trinajstić information content (AvgIpc) is 2.42. The molecule has 0 amide bonds. The van der Waals surface area contributed by atoms with Crippen molar-refractivity contribution >= 4 is 0 Å². The third kappa shape index (κ3) is 4.44. The predicted molar refractivity (Wildman–Crippen MR) is 80.4 cm³/mol. The monoisotopic (exact) mass is 268 g/mol. The number of nitrogens with one attached hydrogen (secondary N) is 1. The second kappa shape index (κ2) is 7.61. The fourth-order valence-corrected chi connectivity index (χ4v) is 3.83. The Kier molecular flexibility index (Phi) is 6.11. The molecule has 3 nitrogen and oxygen atoms in total. The Balaban J connectivity index is 1.87. The zero-order chi connectivity index (χ0) is 13.7. The first-order valence-corrected chi connectivity index (χ1v) is 8.22. The Morgan fingerprint density at radius 3 is 2.79 bits per heavy atom. The lowest BCUT2D eigenvalue weighted by Crippen LogP contribution is -2.53. The van der Waals surface area contributed by atoms with Gasteiger partial charge in [-0.15, -0.1) is 0 Å². The van der Waals surface area contributed by atoms with Gasteiger partial charge in [-0.05, 0) is 57.5 Å². The van der Waals surface area contributed by atoms with Crippen LogP contribution < -0.4 is 5.32 Å². The molecule has 4 unspecified atom stereocenters. The first-order chi connectivity index (χ1) is 9.20. The van der Waals surface area contributed by atoms with E-state index in [0.717, 1.165) is 31.6 Å². The van der Waals surface area contributed by atoms with E-state index in [1.165, 1.54) is 38.6 Å². The van der Waals surface area contributed by atoms with Gasteiger partial charge in [0, 0.05) is 25.2 Å². The second-order valence-electron chi connectivity index (χ2n) is 6.67. The summed E-state index contributed by atoms with van der Waals surface area (Å²) in [6.07, 6.45) is 6.66. The molecular formula is C16H32N2O. The van der Waals surface area contributed by atoms with Gasteiger partial charge in [-0.25, -0.2) is 0 Å². The maximum Gasteiger partial charge on any atom is 0.0506 e. The lowest BCUT2D eigenvalue weighted by molar-refractivity contribution is 0.0263. The molecule has 2 fully saturated rings. The Morgan fingerprint density at radius 1 is 1.26 bits per heavy atom. The quantitative estimate of drug-likeness (QED) is 0.829. The van der Waals surface area contributed by atoms with Crippen LogP contribution in [0.25, 0.3) is 0 Å². The molecule has 1 aliphatic carbocycles. The molecule has 1 saturated heterocycles. The van der Waals surface area contributed by atoms with Crippen LogP contribution in [0.15, 0.2) is 0 Å². The van der Waals surface area contributed by atoms with E-state index in [1.807, 2.05) is 0 Å². The van der Waals surface area contributed by atoms with Gasteiger partial charge < -0.3 is 15.0 Å². The van der Waals surface area contributed by atoms with E-state index >= 15 is 0 Å². The molecule has 0 aromatic carbocycles. The van der Waals surface area contributed by atoms with Crippen molar-refractivity contribution in [3.63, 3.8) is 0 Å². The van der Waals surface area contributed by atoms with Crippen LogP contribution in [-0.4, -0.2) is 50.3 Å². The van der Waals surface area contributed by atoms with Gasteiger partial charge in [-0.1, -0.05) is 13.8 Å². The third-order valence-corrected chi connectivity index (χ3v) is 4.91. The van der Waals surface area contributed by atoms with Crippen molar-refractivity contribution in [2.75, 3.05) is 33.4 Å². The summed E-state index contributed by atoms with van der Waals surface area (Å²) in [5, 5.41) is 3.70. The Morgan fingerprint density at radius 2 is 2.11 bits per heavy atom. The minimum atomic E-state index is 0.690. The number of rotatable bonds is 5. The van der Waals surface area contributed by atoms with E-state index in [9.17, 15) is 0 Å². The molecule has 112 valence electrons. The molecule has 0 aromatic rings. The van der Waals surface area contributed by atoms with Crippen LogP contribution in [0.4, 0.5) is 0 Å². The van der Waals surface area contributed by atoms with Gasteiger partial charge in [0.25, 0.3) is 0 Å². The van der Waals surface area contributed by atoms with Crippen LogP contribution in [0.1, 0.15) is 46.0 Å². The Bertz CT molecular complexity index is 253. The van der Waals surface area contributed by atoms with Gasteiger partial charge in [0.15, 0.2) is 0 Å². The summed E-state index contributed by atoms with van der Waals surface area (Å²) in [4.78, 5) is 2.61. The lowest BCUT2D eigenvalue weighted by Gasteiger charge is -2.42. The minimum Gasteiger partial charge on any atom is -0.381 e. The van der Waals surface area contributed by atoms with Crippen LogP contribution in [-0.2, 0) is 4.74 Å². The van der Waals surface area contributed by atoms with Gasteiger partial charge >= 0.3 is 0 Å². The zero-order valence-electron chi connectivity index (χ0n) is 13.0. The summed E-state index contributed by atoms with van der Waals surface area (Å²) in [5.41, 5.74) is 0. The predicted octanol–water partition coefficient (Wildman–Crippen LogP) is 2.51. The van der Waals surface area contributed by atoms with Crippen LogP contribution in [0.5, 0.6) is 0 Å². The van der Waals surface area contributed by atoms with Gasteiger partial charge in [-0.2, -0.15) is 0 Å². The van der Waals surface area contributed by atoms with Crippen LogP contribution in [0.3, 0.4) is 0 Å². The SMILES string of the molecule is CCNC1CCC(C)CC1N(C)CC1CCCOC1. The molecule has 19 heavy (non-hydrogen) atoms. The minimum absolute atomic E-state index is 0.690. The summed E-state index contributed by atoms with van der Waals surface area (Å²) in [6, 6.07) is 1.40. The molecule has 1 saturated carbocycles. The largest absolute Gasteiger partial charge is 0.381 e. The fraction of sp³-hybridized carbons (Fsp3) is 1.00. The smallest absolute Gasteiger partial charge is 0.0506 e. The Labute approximate surface area is 119 Å². The average molecular weight is 268 g/mol. The molecular weight excluding hydrogens is 236 g/mol. The van der Waals surface area contributed by atoms with Gasteiger partial charge in [0.05, 0.1) is 6.61 Å². The number of hydrogen-bond acceptors (Lipinski definition) is 3. The van der Waals surface area contributed by atoms with Crippen molar-refractivity contribution in [1.82, 2.24) is 10.2 Å². The van der Waals surface area contributed by atoms with E-state index in [0.29, 0.717) is 12.1 Å². The van der Waals surface area contributed by atoms with Crippen LogP contribution >= 0.6 is 0 Å². The van der Waals surface area contributed by atoms with Gasteiger partial charge in [-0.3, -0.25) is 0 Å². The zero-order valence-corrected chi connectivity index (χ0v) is 13.0. The molecule has 1 N–H and O–H groups in total. The first-order valence-electron chi connectivity index (χ1n) is 8.22. The lowest BCUT2D eigenvalue weighted by atomic mass is 9.82. The van der Waals surface area contributed by atoms with Crippen molar-refractivity contribution in [3.8, 4) is 0 Å². The van der Waals surface area contributed by atoms with Crippen molar-refractivity contribution in [2.45, 2.75) is 58.0 Å². The molecule has 0 aromatic heterocycles. The summed E-state index contributed by atoms with van der Waals surface area (Å²) in [7, 11) is 2.32. The summed E-state index contributed by atoms with van der Waals surface area (Å²) in [5.74, 6) is 1.63. The second-order valence-corrected chi connectivity index (χ2v) is 6.67. The molecule has 0 spiro atoms. The van der Waals surface area contributed by atoms with Gasteiger partial charge in [0.2, 0.25) is 0 Å². The number of nitrogens with zero attached hydrogens (tertiary/aromatic N) is 1. The van der Waals surface area contributed by atoms with E-state index in [-0.39, 0.29) is 0 Å². The van der Waals surface area contributed by atoms with E-state index in [2.05, 4.69) is 31.1 Å². The van der Waals surface area contributed by atoms with Crippen molar-refractivity contribution in [3.05, 3.63) is 0 Å². The number of likely N-dealkylation sites (N-methyl/N-ethyl adjacent to an activating group) is 2. The molecule has 2 rings (SSSR count). The normalized spacial score (nSPS) is 36.6. The maximum atomic E-state index is 5.62. The highest BCUT2D eigenvalue weighted by Gasteiger charge is 2.31. The maximum absolute atomic E-state index is 5.62. The molecule has 1 heterocycles. The van der Waals surface area contributed by atoms with Crippen LogP contribution in [0, 0.1) is 11.8 Å². The summed E-state index contributed by atoms with van der Waals surface area (Å²) >= 11 is 0. The van der Waals surface area contributed by atoms with Crippen molar-refractivity contribution in [2.24, 2.45) is 11.8 Å². The van der Waals surface area contributed by atoms with Crippen molar-refractivity contribution < 1.29 is 4.74 Å². The van der Waals surface area contributed by atoms with E-state index in [4.69, 9.17) is 4.74 Å². The molecule has 0 bridgehead atoms. The van der Waals surface area contributed by atoms with Crippen molar-refractivity contribution in [1.29, 1.82) is 0 Å². The molecule has 0 radical (unpaired) electrons. The highest BCUT2D eigenvalue weighted by molar-refractivity contribution is 4.89. The molecule has 3 heteroatoms. The topological polar surface area (TPSA) is 24.5 Å². The standard InChI is InChI=1S/C16H32N2O/c1-4-17-15-8-7-13(2)10-16(15)18(3)11-14-6-5-9-19-12-14/h13-17H,4-12H2,1-3H3. The molecule has 2 aliphatic rings. The van der Waals surface area contributed by atoms with Gasteiger partial charge in [0.1, 0.15) is 0 Å². The summed E-state index contributed by atoms with van der Waals surface area (Å²) < 4.78 is 5.62. The molecule has 4 atom stereocenters. The summed E-state index contributed by atoms with van der Waals surface area (Å²) in [6.45, 7) is 8.88. The number of ether oxygens (including phenoxy) is 1. The highest BCUT2D eigenvalue weighted by atomic mass is 16.5. The Hall–Kier alpha value is -0.120.